The van der Waals surface area contributed by atoms with Gasteiger partial charge in [0.15, 0.2) is 11.5 Å². The highest BCUT2D eigenvalue weighted by molar-refractivity contribution is 5.89. The summed E-state index contributed by atoms with van der Waals surface area (Å²) >= 11 is 0. The van der Waals surface area contributed by atoms with E-state index in [1.807, 2.05) is 42.5 Å². The minimum Gasteiger partial charge on any atom is -0.490 e. The number of hydrogen-bond acceptors (Lipinski definition) is 6. The van der Waals surface area contributed by atoms with Crippen molar-refractivity contribution in [2.45, 2.75) is 13.3 Å². The summed E-state index contributed by atoms with van der Waals surface area (Å²) < 4.78 is 11.4. The van der Waals surface area contributed by atoms with E-state index in [1.54, 1.807) is 12.4 Å². The highest BCUT2D eigenvalue weighted by Crippen LogP contribution is 2.33. The molecule has 142 valence electrons. The average molecular weight is 376 g/mol. The quantitative estimate of drug-likeness (QED) is 0.716. The van der Waals surface area contributed by atoms with Crippen LogP contribution in [0.3, 0.4) is 0 Å². The summed E-state index contributed by atoms with van der Waals surface area (Å²) in [6.07, 6.45) is 4.21. The number of carbonyl (C=O) groups is 1. The van der Waals surface area contributed by atoms with Gasteiger partial charge in [0.2, 0.25) is 5.91 Å². The van der Waals surface area contributed by atoms with E-state index in [1.165, 1.54) is 6.92 Å². The molecular formula is C21H20N4O3. The zero-order valence-electron chi connectivity index (χ0n) is 15.4. The molecule has 1 aliphatic heterocycles. The fourth-order valence-corrected chi connectivity index (χ4v) is 2.91. The molecule has 7 heteroatoms. The fourth-order valence-electron chi connectivity index (χ4n) is 2.91. The molecule has 0 radical (unpaired) electrons. The molecule has 7 nitrogen and oxygen atoms in total. The van der Waals surface area contributed by atoms with Gasteiger partial charge in [-0.25, -0.2) is 4.98 Å². The normalized spacial score (nSPS) is 12.8. The first-order chi connectivity index (χ1) is 13.7. The fraction of sp³-hybridized carbons (Fsp3) is 0.190. The Balaban J connectivity index is 1.56. The Morgan fingerprint density at radius 3 is 2.71 bits per heavy atom. The van der Waals surface area contributed by atoms with E-state index < -0.39 is 0 Å². The molecule has 0 aliphatic carbocycles. The zero-order valence-corrected chi connectivity index (χ0v) is 15.4. The summed E-state index contributed by atoms with van der Waals surface area (Å²) in [6, 6.07) is 13.2. The molecule has 1 amide bonds. The van der Waals surface area contributed by atoms with Crippen molar-refractivity contribution in [2.75, 3.05) is 23.8 Å². The molecule has 0 fully saturated rings. The van der Waals surface area contributed by atoms with E-state index in [2.05, 4.69) is 20.6 Å². The molecule has 1 aliphatic rings. The Hall–Kier alpha value is -3.61. The maximum Gasteiger partial charge on any atom is 0.221 e. The molecule has 0 atom stereocenters. The lowest BCUT2D eigenvalue weighted by molar-refractivity contribution is -0.114. The van der Waals surface area contributed by atoms with Crippen LogP contribution in [0.2, 0.25) is 0 Å². The van der Waals surface area contributed by atoms with Crippen LogP contribution in [0, 0.1) is 0 Å². The van der Waals surface area contributed by atoms with Crippen molar-refractivity contribution in [2.24, 2.45) is 0 Å². The van der Waals surface area contributed by atoms with E-state index >= 15 is 0 Å². The van der Waals surface area contributed by atoms with Gasteiger partial charge in [-0.3, -0.25) is 9.78 Å². The van der Waals surface area contributed by atoms with Gasteiger partial charge in [0, 0.05) is 36.3 Å². The third-order valence-electron chi connectivity index (χ3n) is 4.13. The molecule has 0 unspecified atom stereocenters. The lowest BCUT2D eigenvalue weighted by Crippen LogP contribution is -2.05. The third kappa shape index (κ3) is 4.20. The van der Waals surface area contributed by atoms with Crippen molar-refractivity contribution in [1.29, 1.82) is 0 Å². The van der Waals surface area contributed by atoms with Gasteiger partial charge in [-0.1, -0.05) is 12.1 Å². The minimum atomic E-state index is -0.118. The van der Waals surface area contributed by atoms with Crippen molar-refractivity contribution in [3.63, 3.8) is 0 Å². The summed E-state index contributed by atoms with van der Waals surface area (Å²) in [7, 11) is 0. The lowest BCUT2D eigenvalue weighted by Gasteiger charge is -2.11. The van der Waals surface area contributed by atoms with Crippen LogP contribution in [0.5, 0.6) is 11.5 Å². The van der Waals surface area contributed by atoms with Gasteiger partial charge >= 0.3 is 0 Å². The SMILES string of the molecule is CC(=O)Nc1cccc(-c2cncc(Nc3ccc4c(c3)OCCCO4)n2)c1. The highest BCUT2D eigenvalue weighted by Gasteiger charge is 2.11. The lowest BCUT2D eigenvalue weighted by atomic mass is 10.1. The average Bonchev–Trinajstić information content (AvgIpc) is 2.93. The summed E-state index contributed by atoms with van der Waals surface area (Å²) in [5.41, 5.74) is 3.11. The van der Waals surface area contributed by atoms with Crippen LogP contribution in [-0.4, -0.2) is 29.1 Å². The van der Waals surface area contributed by atoms with E-state index in [9.17, 15) is 4.79 Å². The number of aromatic nitrogens is 2. The second-order valence-corrected chi connectivity index (χ2v) is 6.39. The standard InChI is InChI=1S/C21H20N4O3/c1-14(26)23-16-5-2-4-15(10-16)18-12-22-13-21(25-18)24-17-6-7-19-20(11-17)28-9-3-8-27-19/h2,4-7,10-13H,3,8-9H2,1H3,(H,23,26)(H,24,25). The van der Waals surface area contributed by atoms with Gasteiger partial charge in [0.1, 0.15) is 5.82 Å². The minimum absolute atomic E-state index is 0.118. The van der Waals surface area contributed by atoms with Crippen LogP contribution in [0.4, 0.5) is 17.2 Å². The molecule has 2 N–H and O–H groups in total. The van der Waals surface area contributed by atoms with Gasteiger partial charge < -0.3 is 20.1 Å². The number of nitrogens with zero attached hydrogens (tertiary/aromatic N) is 2. The van der Waals surface area contributed by atoms with E-state index in [0.717, 1.165) is 29.2 Å². The predicted octanol–water partition coefficient (Wildman–Crippen LogP) is 4.01. The van der Waals surface area contributed by atoms with Crippen molar-refractivity contribution in [3.05, 3.63) is 54.9 Å². The zero-order chi connectivity index (χ0) is 19.3. The Labute approximate surface area is 162 Å². The summed E-state index contributed by atoms with van der Waals surface area (Å²) in [5, 5.41) is 6.03. The molecule has 2 aromatic carbocycles. The van der Waals surface area contributed by atoms with Gasteiger partial charge in [-0.05, 0) is 24.3 Å². The molecule has 0 spiro atoms. The van der Waals surface area contributed by atoms with Gasteiger partial charge in [-0.15, -0.1) is 0 Å². The van der Waals surface area contributed by atoms with Gasteiger partial charge in [-0.2, -0.15) is 0 Å². The summed E-state index contributed by atoms with van der Waals surface area (Å²) in [6.45, 7) is 2.77. The maximum atomic E-state index is 11.3. The maximum absolute atomic E-state index is 11.3. The van der Waals surface area contributed by atoms with Crippen LogP contribution in [0.25, 0.3) is 11.3 Å². The van der Waals surface area contributed by atoms with Crippen molar-refractivity contribution in [1.82, 2.24) is 9.97 Å². The second kappa shape index (κ2) is 7.96. The molecule has 28 heavy (non-hydrogen) atoms. The first-order valence-corrected chi connectivity index (χ1v) is 9.04. The predicted molar refractivity (Wildman–Crippen MR) is 107 cm³/mol. The number of anilines is 3. The van der Waals surface area contributed by atoms with Crippen LogP contribution >= 0.6 is 0 Å². The van der Waals surface area contributed by atoms with Crippen molar-refractivity contribution in [3.8, 4) is 22.8 Å². The number of hydrogen-bond donors (Lipinski definition) is 2. The molecule has 4 rings (SSSR count). The van der Waals surface area contributed by atoms with E-state index in [-0.39, 0.29) is 5.91 Å². The number of nitrogens with one attached hydrogen (secondary N) is 2. The highest BCUT2D eigenvalue weighted by atomic mass is 16.5. The van der Waals surface area contributed by atoms with Crippen LogP contribution in [0.15, 0.2) is 54.9 Å². The first kappa shape index (κ1) is 17.8. The number of fused-ring (bicyclic) bond motifs is 1. The first-order valence-electron chi connectivity index (χ1n) is 9.04. The number of benzene rings is 2. The largest absolute Gasteiger partial charge is 0.490 e. The topological polar surface area (TPSA) is 85.4 Å². The Kier molecular flexibility index (Phi) is 5.05. The van der Waals surface area contributed by atoms with E-state index in [0.29, 0.717) is 30.4 Å². The monoisotopic (exact) mass is 376 g/mol. The molecule has 0 saturated carbocycles. The van der Waals surface area contributed by atoms with Crippen molar-refractivity contribution < 1.29 is 14.3 Å². The Morgan fingerprint density at radius 2 is 1.86 bits per heavy atom. The Bertz CT molecular complexity index is 1010. The van der Waals surface area contributed by atoms with Crippen LogP contribution in [-0.2, 0) is 4.79 Å². The molecular weight excluding hydrogens is 356 g/mol. The molecule has 3 aromatic rings. The summed E-state index contributed by atoms with van der Waals surface area (Å²) in [5.74, 6) is 1.96. The van der Waals surface area contributed by atoms with E-state index in [4.69, 9.17) is 9.47 Å². The molecule has 0 bridgehead atoms. The number of amides is 1. The van der Waals surface area contributed by atoms with Gasteiger partial charge in [0.25, 0.3) is 0 Å². The second-order valence-electron chi connectivity index (χ2n) is 6.39. The number of carbonyl (C=O) groups excluding carboxylic acids is 1. The van der Waals surface area contributed by atoms with Crippen molar-refractivity contribution >= 4 is 23.1 Å². The molecule has 0 saturated heterocycles. The smallest absolute Gasteiger partial charge is 0.221 e. The van der Waals surface area contributed by atoms with Gasteiger partial charge in [0.05, 0.1) is 31.3 Å². The third-order valence-corrected chi connectivity index (χ3v) is 4.13. The summed E-state index contributed by atoms with van der Waals surface area (Å²) in [4.78, 5) is 20.2. The molecule has 2 heterocycles. The number of ether oxygens (including phenoxy) is 2. The molecule has 1 aromatic heterocycles. The van der Waals surface area contributed by atoms with Crippen LogP contribution in [0.1, 0.15) is 13.3 Å². The Morgan fingerprint density at radius 1 is 1.00 bits per heavy atom. The number of rotatable bonds is 4. The van der Waals surface area contributed by atoms with Crippen LogP contribution < -0.4 is 20.1 Å².